The van der Waals surface area contributed by atoms with Gasteiger partial charge in [-0.1, -0.05) is 43.7 Å². The summed E-state index contributed by atoms with van der Waals surface area (Å²) in [6.07, 6.45) is 5.20. The molecule has 8 heteroatoms. The number of thiazole rings is 1. The number of rotatable bonds is 7. The van der Waals surface area contributed by atoms with Gasteiger partial charge >= 0.3 is 0 Å². The molecule has 7 nitrogen and oxygen atoms in total. The number of amides is 1. The maximum atomic E-state index is 13.1. The smallest absolute Gasteiger partial charge is 0.290 e. The second-order valence-electron chi connectivity index (χ2n) is 8.94. The van der Waals surface area contributed by atoms with Crippen LogP contribution in [0.4, 0.5) is 5.13 Å². The van der Waals surface area contributed by atoms with Gasteiger partial charge < -0.3 is 20.2 Å². The molecule has 3 heterocycles. The Kier molecular flexibility index (Phi) is 9.26. The highest BCUT2D eigenvalue weighted by atomic mass is 32.1. The molecule has 2 aromatic rings. The van der Waals surface area contributed by atoms with Crippen molar-refractivity contribution in [3.63, 3.8) is 0 Å². The van der Waals surface area contributed by atoms with E-state index in [0.717, 1.165) is 69.2 Å². The van der Waals surface area contributed by atoms with Crippen molar-refractivity contribution in [2.75, 3.05) is 45.1 Å². The van der Waals surface area contributed by atoms with Crippen LogP contribution in [0.3, 0.4) is 0 Å². The normalized spacial score (nSPS) is 20.1. The van der Waals surface area contributed by atoms with Crippen molar-refractivity contribution >= 4 is 28.8 Å². The van der Waals surface area contributed by atoms with E-state index in [0.29, 0.717) is 5.91 Å². The van der Waals surface area contributed by atoms with Gasteiger partial charge in [-0.3, -0.25) is 9.59 Å². The van der Waals surface area contributed by atoms with E-state index in [1.807, 2.05) is 0 Å². The Morgan fingerprint density at radius 2 is 1.97 bits per heavy atom. The van der Waals surface area contributed by atoms with E-state index in [1.54, 1.807) is 11.3 Å². The highest BCUT2D eigenvalue weighted by Crippen LogP contribution is 2.43. The number of carboxylic acid groups (broad SMARTS) is 1. The van der Waals surface area contributed by atoms with E-state index < -0.39 is 0 Å². The van der Waals surface area contributed by atoms with E-state index in [9.17, 15) is 4.79 Å². The van der Waals surface area contributed by atoms with E-state index in [-0.39, 0.29) is 17.8 Å². The zero-order chi connectivity index (χ0) is 23.7. The molecular formula is C25H36N4O3S. The van der Waals surface area contributed by atoms with Crippen molar-refractivity contribution in [1.29, 1.82) is 0 Å². The topological polar surface area (TPSA) is 85.8 Å². The number of carbonyl (C=O) groups is 2. The Morgan fingerprint density at radius 1 is 1.27 bits per heavy atom. The lowest BCUT2D eigenvalue weighted by molar-refractivity contribution is -0.136. The lowest BCUT2D eigenvalue weighted by atomic mass is 9.70. The molecule has 2 saturated heterocycles. The summed E-state index contributed by atoms with van der Waals surface area (Å²) in [5.74, 6) is 0.522. The third-order valence-electron chi connectivity index (χ3n) is 6.80. The van der Waals surface area contributed by atoms with Crippen LogP contribution >= 0.6 is 11.3 Å². The van der Waals surface area contributed by atoms with Crippen LogP contribution in [-0.4, -0.2) is 72.0 Å². The van der Waals surface area contributed by atoms with E-state index >= 15 is 0 Å². The van der Waals surface area contributed by atoms with Gasteiger partial charge in [0.1, 0.15) is 0 Å². The van der Waals surface area contributed by atoms with Crippen LogP contribution in [0.15, 0.2) is 35.7 Å². The van der Waals surface area contributed by atoms with Crippen LogP contribution in [0.5, 0.6) is 0 Å². The van der Waals surface area contributed by atoms with Gasteiger partial charge in [-0.05, 0) is 44.8 Å². The average Bonchev–Trinajstić information content (AvgIpc) is 3.50. The summed E-state index contributed by atoms with van der Waals surface area (Å²) in [6.45, 7) is 6.48. The Bertz CT molecular complexity index is 881. The molecule has 2 N–H and O–H groups in total. The number of carbonyl (C=O) groups excluding carboxylic acids is 1. The van der Waals surface area contributed by atoms with Crippen LogP contribution < -0.4 is 5.32 Å². The lowest BCUT2D eigenvalue weighted by Gasteiger charge is -2.42. The number of nitrogens with one attached hydrogen (secondary N) is 1. The molecule has 1 atom stereocenters. The highest BCUT2D eigenvalue weighted by molar-refractivity contribution is 7.13. The number of hydrogen-bond donors (Lipinski definition) is 2. The van der Waals surface area contributed by atoms with Crippen molar-refractivity contribution in [2.45, 2.75) is 44.4 Å². The summed E-state index contributed by atoms with van der Waals surface area (Å²) in [6, 6.07) is 10.8. The van der Waals surface area contributed by atoms with Gasteiger partial charge in [0.15, 0.2) is 5.13 Å². The first-order valence-corrected chi connectivity index (χ1v) is 12.7. The second kappa shape index (κ2) is 12.1. The molecule has 0 bridgehead atoms. The number of piperidine rings is 1. The fourth-order valence-electron chi connectivity index (χ4n) is 4.90. The molecule has 2 fully saturated rings. The molecule has 2 aliphatic heterocycles. The third-order valence-corrected chi connectivity index (χ3v) is 7.60. The summed E-state index contributed by atoms with van der Waals surface area (Å²) in [5, 5.41) is 13.6. The van der Waals surface area contributed by atoms with Crippen LogP contribution in [0.2, 0.25) is 0 Å². The second-order valence-corrected chi connectivity index (χ2v) is 9.80. The molecule has 0 radical (unpaired) electrons. The number of hydrogen-bond acceptors (Lipinski definition) is 6. The molecule has 4 rings (SSSR count). The number of aromatic nitrogens is 1. The van der Waals surface area contributed by atoms with Gasteiger partial charge in [0.05, 0.1) is 11.6 Å². The summed E-state index contributed by atoms with van der Waals surface area (Å²) < 4.78 is 0. The largest absolute Gasteiger partial charge is 0.483 e. The minimum Gasteiger partial charge on any atom is -0.483 e. The predicted molar refractivity (Wildman–Crippen MR) is 133 cm³/mol. The molecule has 1 amide bonds. The summed E-state index contributed by atoms with van der Waals surface area (Å²) in [5.41, 5.74) is 2.37. The van der Waals surface area contributed by atoms with Gasteiger partial charge in [-0.15, -0.1) is 11.3 Å². The summed E-state index contributed by atoms with van der Waals surface area (Å²) >= 11 is 1.71. The van der Waals surface area contributed by atoms with Crippen molar-refractivity contribution in [3.8, 4) is 0 Å². The molecule has 180 valence electrons. The van der Waals surface area contributed by atoms with Crippen LogP contribution in [-0.2, 0) is 15.0 Å². The number of anilines is 1. The van der Waals surface area contributed by atoms with Crippen molar-refractivity contribution in [3.05, 3.63) is 47.0 Å². The Morgan fingerprint density at radius 3 is 2.58 bits per heavy atom. The maximum Gasteiger partial charge on any atom is 0.290 e. The minimum atomic E-state index is -0.250. The standard InChI is InChI=1S/C24H34N4OS.CH2O2/c1-3-4-13-25-23-26-21(18-30-23)24(20-8-6-5-7-9-20)11-15-28(16-12-24)22(29)19-10-14-27(2)17-19;2-1-3/h5-9,18-19H,3-4,10-17H2,1-2H3,(H,25,26);1H,(H,2,3). The third kappa shape index (κ3) is 6.12. The number of likely N-dealkylation sites (tertiary alicyclic amines) is 2. The molecule has 1 aromatic carbocycles. The lowest BCUT2D eigenvalue weighted by Crippen LogP contribution is -2.48. The first-order valence-electron chi connectivity index (χ1n) is 11.8. The Labute approximate surface area is 200 Å². The number of benzene rings is 1. The van der Waals surface area contributed by atoms with Gasteiger partial charge in [0.2, 0.25) is 5.91 Å². The predicted octanol–water partition coefficient (Wildman–Crippen LogP) is 3.92. The maximum absolute atomic E-state index is 13.1. The molecule has 2 aliphatic rings. The van der Waals surface area contributed by atoms with Crippen LogP contribution in [0, 0.1) is 5.92 Å². The molecule has 1 aromatic heterocycles. The Balaban J connectivity index is 0.000000968. The molecule has 0 spiro atoms. The number of nitrogens with zero attached hydrogens (tertiary/aromatic N) is 3. The molecular weight excluding hydrogens is 436 g/mol. The van der Waals surface area contributed by atoms with Gasteiger partial charge in [-0.25, -0.2) is 4.98 Å². The SMILES string of the molecule is CCCCNc1nc(C2(c3ccccc3)CCN(C(=O)C3CCN(C)C3)CC2)cs1.O=CO. The molecule has 0 saturated carbocycles. The van der Waals surface area contributed by atoms with Gasteiger partial charge in [-0.2, -0.15) is 0 Å². The molecule has 1 unspecified atom stereocenters. The van der Waals surface area contributed by atoms with Crippen LogP contribution in [0.1, 0.15) is 50.3 Å². The van der Waals surface area contributed by atoms with E-state index in [4.69, 9.17) is 14.9 Å². The van der Waals surface area contributed by atoms with Crippen LogP contribution in [0.25, 0.3) is 0 Å². The molecule has 0 aliphatic carbocycles. The van der Waals surface area contributed by atoms with Gasteiger partial charge in [0, 0.05) is 37.0 Å². The van der Waals surface area contributed by atoms with Crippen molar-refractivity contribution in [2.24, 2.45) is 5.92 Å². The fourth-order valence-corrected chi connectivity index (χ4v) is 5.74. The van der Waals surface area contributed by atoms with Crippen molar-refractivity contribution in [1.82, 2.24) is 14.8 Å². The van der Waals surface area contributed by atoms with E-state index in [2.05, 4.69) is 64.8 Å². The fraction of sp³-hybridized carbons (Fsp3) is 0.560. The first-order chi connectivity index (χ1) is 16.0. The number of unbranched alkanes of at least 4 members (excludes halogenated alkanes) is 1. The van der Waals surface area contributed by atoms with E-state index in [1.165, 1.54) is 12.0 Å². The first kappa shape index (κ1) is 25.2. The van der Waals surface area contributed by atoms with Crippen molar-refractivity contribution < 1.29 is 14.7 Å². The zero-order valence-electron chi connectivity index (χ0n) is 19.7. The highest BCUT2D eigenvalue weighted by Gasteiger charge is 2.42. The monoisotopic (exact) mass is 472 g/mol. The average molecular weight is 473 g/mol. The summed E-state index contributed by atoms with van der Waals surface area (Å²) in [7, 11) is 2.11. The molecule has 33 heavy (non-hydrogen) atoms. The van der Waals surface area contributed by atoms with Gasteiger partial charge in [0.25, 0.3) is 6.47 Å². The zero-order valence-corrected chi connectivity index (χ0v) is 20.5. The minimum absolute atomic E-state index is 0.105. The quantitative estimate of drug-likeness (QED) is 0.469. The summed E-state index contributed by atoms with van der Waals surface area (Å²) in [4.78, 5) is 30.8. The Hall–Kier alpha value is -2.45.